The zero-order valence-electron chi connectivity index (χ0n) is 18.1. The second kappa shape index (κ2) is 8.52. The summed E-state index contributed by atoms with van der Waals surface area (Å²) in [5.74, 6) is 0.850. The van der Waals surface area contributed by atoms with Gasteiger partial charge in [-0.05, 0) is 38.1 Å². The fourth-order valence-corrected chi connectivity index (χ4v) is 4.21. The molecule has 0 saturated carbocycles. The van der Waals surface area contributed by atoms with Gasteiger partial charge < -0.3 is 10.6 Å². The second-order valence-corrected chi connectivity index (χ2v) is 8.26. The standard InChI is InChI=1S/C25H21ClN6O/c1-15-7-5-8-17(13-15)23-30-25-28-16(2)21(24(33)29-18-9-6-12-27-14-18)22(32(25)31-23)19-10-3-4-11-20(19)26/h3-14,22H,1-2H3,(H,29,33)(H,28,30,31). The van der Waals surface area contributed by atoms with Gasteiger partial charge in [-0.15, -0.1) is 5.10 Å². The molecule has 7 nitrogen and oxygen atoms in total. The van der Waals surface area contributed by atoms with Crippen LogP contribution in [0.3, 0.4) is 0 Å². The fraction of sp³-hybridized carbons (Fsp3) is 0.120. The van der Waals surface area contributed by atoms with Crippen LogP contribution in [0.2, 0.25) is 5.02 Å². The first kappa shape index (κ1) is 20.9. The quantitative estimate of drug-likeness (QED) is 0.439. The normalized spacial score (nSPS) is 15.1. The summed E-state index contributed by atoms with van der Waals surface area (Å²) in [7, 11) is 0. The molecule has 0 fully saturated rings. The van der Waals surface area contributed by atoms with Gasteiger partial charge in [0.05, 0.1) is 17.5 Å². The van der Waals surface area contributed by atoms with E-state index in [-0.39, 0.29) is 5.91 Å². The highest BCUT2D eigenvalue weighted by Crippen LogP contribution is 2.39. The number of anilines is 2. The van der Waals surface area contributed by atoms with E-state index in [1.807, 2.05) is 62.4 Å². The molecule has 0 spiro atoms. The van der Waals surface area contributed by atoms with E-state index in [1.54, 1.807) is 29.2 Å². The van der Waals surface area contributed by atoms with Crippen LogP contribution in [0.5, 0.6) is 0 Å². The molecule has 4 aromatic rings. The minimum Gasteiger partial charge on any atom is -0.328 e. The molecule has 164 valence electrons. The zero-order valence-corrected chi connectivity index (χ0v) is 18.8. The van der Waals surface area contributed by atoms with Crippen LogP contribution in [0.1, 0.15) is 24.1 Å². The van der Waals surface area contributed by atoms with Gasteiger partial charge in [-0.3, -0.25) is 9.78 Å². The van der Waals surface area contributed by atoms with E-state index >= 15 is 0 Å². The number of benzene rings is 2. The summed E-state index contributed by atoms with van der Waals surface area (Å²) >= 11 is 6.60. The topological polar surface area (TPSA) is 84.7 Å². The molecule has 5 rings (SSSR count). The van der Waals surface area contributed by atoms with Gasteiger partial charge in [-0.2, -0.15) is 4.98 Å². The molecule has 1 aliphatic heterocycles. The predicted octanol–water partition coefficient (Wildman–Crippen LogP) is 5.23. The van der Waals surface area contributed by atoms with E-state index in [9.17, 15) is 4.79 Å². The molecular formula is C25H21ClN6O. The monoisotopic (exact) mass is 456 g/mol. The number of aromatic nitrogens is 4. The van der Waals surface area contributed by atoms with Gasteiger partial charge in [0.1, 0.15) is 6.04 Å². The number of carbonyl (C=O) groups excluding carboxylic acids is 1. The number of carbonyl (C=O) groups is 1. The van der Waals surface area contributed by atoms with Crippen LogP contribution in [0.4, 0.5) is 11.6 Å². The van der Waals surface area contributed by atoms with Crippen LogP contribution >= 0.6 is 11.6 Å². The van der Waals surface area contributed by atoms with Crippen molar-refractivity contribution in [3.8, 4) is 11.4 Å². The minimum absolute atomic E-state index is 0.267. The second-order valence-electron chi connectivity index (χ2n) is 7.86. The van der Waals surface area contributed by atoms with Crippen molar-refractivity contribution in [3.63, 3.8) is 0 Å². The lowest BCUT2D eigenvalue weighted by molar-refractivity contribution is -0.113. The number of halogens is 1. The molecule has 1 unspecified atom stereocenters. The molecule has 8 heteroatoms. The average Bonchev–Trinajstić information content (AvgIpc) is 3.23. The van der Waals surface area contributed by atoms with Gasteiger partial charge in [-0.25, -0.2) is 4.68 Å². The molecule has 0 saturated heterocycles. The highest BCUT2D eigenvalue weighted by atomic mass is 35.5. The highest BCUT2D eigenvalue weighted by Gasteiger charge is 2.35. The largest absolute Gasteiger partial charge is 0.328 e. The third-order valence-corrected chi connectivity index (χ3v) is 5.84. The fourth-order valence-electron chi connectivity index (χ4n) is 3.97. The minimum atomic E-state index is -0.558. The van der Waals surface area contributed by atoms with Crippen LogP contribution < -0.4 is 10.6 Å². The SMILES string of the molecule is CC1=C(C(=O)Nc2cccnc2)C(c2ccccc2Cl)n2nc(-c3cccc(C)c3)nc2N1. The first-order valence-electron chi connectivity index (χ1n) is 10.5. The summed E-state index contributed by atoms with van der Waals surface area (Å²) in [6, 6.07) is 18.5. The van der Waals surface area contributed by atoms with E-state index in [0.29, 0.717) is 33.8 Å². The number of rotatable bonds is 4. The van der Waals surface area contributed by atoms with Crippen molar-refractivity contribution in [2.45, 2.75) is 19.9 Å². The third-order valence-electron chi connectivity index (χ3n) is 5.49. The number of nitrogens with one attached hydrogen (secondary N) is 2. The highest BCUT2D eigenvalue weighted by molar-refractivity contribution is 6.31. The van der Waals surface area contributed by atoms with Gasteiger partial charge >= 0.3 is 0 Å². The van der Waals surface area contributed by atoms with Gasteiger partial charge in [-0.1, -0.05) is 53.6 Å². The Labute approximate surface area is 196 Å². The average molecular weight is 457 g/mol. The summed E-state index contributed by atoms with van der Waals surface area (Å²) in [6.45, 7) is 3.88. The number of hydrogen-bond donors (Lipinski definition) is 2. The maximum Gasteiger partial charge on any atom is 0.255 e. The molecular weight excluding hydrogens is 436 g/mol. The van der Waals surface area contributed by atoms with Crippen LogP contribution in [0.25, 0.3) is 11.4 Å². The molecule has 2 N–H and O–H groups in total. The molecule has 33 heavy (non-hydrogen) atoms. The maximum absolute atomic E-state index is 13.5. The van der Waals surface area contributed by atoms with Gasteiger partial charge in [0.25, 0.3) is 5.91 Å². The van der Waals surface area contributed by atoms with E-state index in [2.05, 4.69) is 15.6 Å². The van der Waals surface area contributed by atoms with Crippen molar-refractivity contribution >= 4 is 29.1 Å². The molecule has 2 aromatic carbocycles. The van der Waals surface area contributed by atoms with Crippen LogP contribution in [0.15, 0.2) is 84.3 Å². The van der Waals surface area contributed by atoms with E-state index in [0.717, 1.165) is 16.7 Å². The molecule has 1 amide bonds. The molecule has 2 aromatic heterocycles. The summed E-state index contributed by atoms with van der Waals surface area (Å²) in [5, 5.41) is 11.5. The summed E-state index contributed by atoms with van der Waals surface area (Å²) < 4.78 is 1.73. The number of nitrogens with zero attached hydrogens (tertiary/aromatic N) is 4. The molecule has 1 aliphatic rings. The Morgan fingerprint density at radius 3 is 2.70 bits per heavy atom. The number of pyridine rings is 1. The first-order valence-corrected chi connectivity index (χ1v) is 10.9. The van der Waals surface area contributed by atoms with Crippen LogP contribution in [0, 0.1) is 6.92 Å². The lowest BCUT2D eigenvalue weighted by Gasteiger charge is -2.29. The van der Waals surface area contributed by atoms with Crippen molar-refractivity contribution in [1.29, 1.82) is 0 Å². The molecule has 0 radical (unpaired) electrons. The molecule has 0 bridgehead atoms. The van der Waals surface area contributed by atoms with Gasteiger partial charge in [0.2, 0.25) is 5.95 Å². The molecule has 3 heterocycles. The number of amides is 1. The Balaban J connectivity index is 1.63. The van der Waals surface area contributed by atoms with Crippen molar-refractivity contribution in [2.24, 2.45) is 0 Å². The first-order chi connectivity index (χ1) is 16.0. The van der Waals surface area contributed by atoms with Gasteiger partial charge in [0.15, 0.2) is 5.82 Å². The number of aryl methyl sites for hydroxylation is 1. The van der Waals surface area contributed by atoms with Crippen molar-refractivity contribution in [1.82, 2.24) is 19.7 Å². The number of hydrogen-bond acceptors (Lipinski definition) is 5. The Hall–Kier alpha value is -3.97. The summed E-state index contributed by atoms with van der Waals surface area (Å²) in [5.41, 5.74) is 4.55. The number of fused-ring (bicyclic) bond motifs is 1. The third kappa shape index (κ3) is 3.99. The van der Waals surface area contributed by atoms with E-state index in [1.165, 1.54) is 0 Å². The summed E-state index contributed by atoms with van der Waals surface area (Å²) in [4.78, 5) is 22.3. The maximum atomic E-state index is 13.5. The lowest BCUT2D eigenvalue weighted by Crippen LogP contribution is -2.31. The van der Waals surface area contributed by atoms with Crippen LogP contribution in [-0.2, 0) is 4.79 Å². The van der Waals surface area contributed by atoms with Crippen LogP contribution in [-0.4, -0.2) is 25.7 Å². The lowest BCUT2D eigenvalue weighted by atomic mass is 9.95. The predicted molar refractivity (Wildman–Crippen MR) is 129 cm³/mol. The number of allylic oxidation sites excluding steroid dienone is 1. The van der Waals surface area contributed by atoms with Crippen molar-refractivity contribution in [2.75, 3.05) is 10.6 Å². The Bertz CT molecular complexity index is 1380. The van der Waals surface area contributed by atoms with Gasteiger partial charge in [0, 0.05) is 28.0 Å². The van der Waals surface area contributed by atoms with Crippen molar-refractivity contribution in [3.05, 3.63) is 100 Å². The summed E-state index contributed by atoms with van der Waals surface area (Å²) in [6.07, 6.45) is 3.26. The zero-order chi connectivity index (χ0) is 22.9. The molecule has 1 atom stereocenters. The van der Waals surface area contributed by atoms with Crippen molar-refractivity contribution < 1.29 is 4.79 Å². The Morgan fingerprint density at radius 1 is 1.09 bits per heavy atom. The Kier molecular flexibility index (Phi) is 5.40. The van der Waals surface area contributed by atoms with E-state index < -0.39 is 6.04 Å². The Morgan fingerprint density at radius 2 is 1.94 bits per heavy atom. The smallest absolute Gasteiger partial charge is 0.255 e. The molecule has 0 aliphatic carbocycles. The van der Waals surface area contributed by atoms with E-state index in [4.69, 9.17) is 21.7 Å².